The van der Waals surface area contributed by atoms with Crippen LogP contribution in [-0.4, -0.2) is 51.8 Å². The standard InChI is InChI=1S/C17H28N2O2/c1-13(19-8-7-15(12-19)11-18-2)9-14-5-6-16(20-3)17(10-14)21-4/h5-6,10,13,15,18H,7-9,11-12H2,1-4H3. The van der Waals surface area contributed by atoms with E-state index >= 15 is 0 Å². The molecule has 1 aliphatic rings. The van der Waals surface area contributed by atoms with Gasteiger partial charge in [-0.2, -0.15) is 0 Å². The molecule has 21 heavy (non-hydrogen) atoms. The Morgan fingerprint density at radius 3 is 2.71 bits per heavy atom. The van der Waals surface area contributed by atoms with Crippen molar-refractivity contribution in [2.75, 3.05) is 40.9 Å². The van der Waals surface area contributed by atoms with E-state index in [4.69, 9.17) is 9.47 Å². The monoisotopic (exact) mass is 292 g/mol. The number of nitrogens with one attached hydrogen (secondary N) is 1. The van der Waals surface area contributed by atoms with Gasteiger partial charge < -0.3 is 14.8 Å². The molecule has 4 nitrogen and oxygen atoms in total. The van der Waals surface area contributed by atoms with E-state index in [1.165, 1.54) is 25.1 Å². The first-order valence-electron chi connectivity index (χ1n) is 7.77. The molecule has 0 aromatic heterocycles. The molecule has 0 aliphatic carbocycles. The summed E-state index contributed by atoms with van der Waals surface area (Å²) in [6.07, 6.45) is 2.35. The zero-order chi connectivity index (χ0) is 15.2. The fourth-order valence-electron chi connectivity index (χ4n) is 3.20. The minimum absolute atomic E-state index is 0.560. The SMILES string of the molecule is CNCC1CCN(C(C)Cc2ccc(OC)c(OC)c2)C1. The smallest absolute Gasteiger partial charge is 0.160 e. The number of benzene rings is 1. The van der Waals surface area contributed by atoms with Gasteiger partial charge in [0.15, 0.2) is 11.5 Å². The van der Waals surface area contributed by atoms with E-state index < -0.39 is 0 Å². The molecule has 0 saturated carbocycles. The van der Waals surface area contributed by atoms with E-state index in [0.717, 1.165) is 30.4 Å². The van der Waals surface area contributed by atoms with Crippen molar-refractivity contribution in [2.24, 2.45) is 5.92 Å². The summed E-state index contributed by atoms with van der Waals surface area (Å²) in [6, 6.07) is 6.79. The van der Waals surface area contributed by atoms with Gasteiger partial charge in [0, 0.05) is 12.6 Å². The third-order valence-corrected chi connectivity index (χ3v) is 4.41. The lowest BCUT2D eigenvalue weighted by Crippen LogP contribution is -2.33. The molecule has 1 fully saturated rings. The van der Waals surface area contributed by atoms with Gasteiger partial charge in [-0.05, 0) is 63.5 Å². The topological polar surface area (TPSA) is 33.7 Å². The second-order valence-corrected chi connectivity index (χ2v) is 5.95. The largest absolute Gasteiger partial charge is 0.493 e. The van der Waals surface area contributed by atoms with Gasteiger partial charge in [-0.15, -0.1) is 0 Å². The van der Waals surface area contributed by atoms with Crippen LogP contribution in [-0.2, 0) is 6.42 Å². The molecular weight excluding hydrogens is 264 g/mol. The third-order valence-electron chi connectivity index (χ3n) is 4.41. The van der Waals surface area contributed by atoms with Crippen molar-refractivity contribution in [1.82, 2.24) is 10.2 Å². The van der Waals surface area contributed by atoms with Crippen molar-refractivity contribution in [2.45, 2.75) is 25.8 Å². The Morgan fingerprint density at radius 2 is 2.05 bits per heavy atom. The molecule has 0 radical (unpaired) electrons. The predicted molar refractivity (Wildman–Crippen MR) is 86.3 cm³/mol. The number of hydrogen-bond donors (Lipinski definition) is 1. The molecule has 4 heteroatoms. The molecule has 1 aliphatic heterocycles. The minimum atomic E-state index is 0.560. The predicted octanol–water partition coefficient (Wildman–Crippen LogP) is 2.18. The second kappa shape index (κ2) is 7.66. The average Bonchev–Trinajstić information content (AvgIpc) is 2.96. The maximum atomic E-state index is 5.39. The highest BCUT2D eigenvalue weighted by Crippen LogP contribution is 2.29. The van der Waals surface area contributed by atoms with Crippen LogP contribution >= 0.6 is 0 Å². The number of nitrogens with zero attached hydrogens (tertiary/aromatic N) is 1. The van der Waals surface area contributed by atoms with E-state index in [2.05, 4.69) is 29.3 Å². The highest BCUT2D eigenvalue weighted by molar-refractivity contribution is 5.43. The summed E-state index contributed by atoms with van der Waals surface area (Å²) >= 11 is 0. The Hall–Kier alpha value is -1.26. The quantitative estimate of drug-likeness (QED) is 0.835. The molecule has 0 amide bonds. The molecule has 1 N–H and O–H groups in total. The van der Waals surface area contributed by atoms with Gasteiger partial charge in [0.1, 0.15) is 0 Å². The molecule has 1 aromatic carbocycles. The van der Waals surface area contributed by atoms with E-state index in [1.807, 2.05) is 13.1 Å². The van der Waals surface area contributed by atoms with Crippen LogP contribution in [0, 0.1) is 5.92 Å². The van der Waals surface area contributed by atoms with Crippen LogP contribution in [0.4, 0.5) is 0 Å². The number of methoxy groups -OCH3 is 2. The lowest BCUT2D eigenvalue weighted by Gasteiger charge is -2.24. The average molecular weight is 292 g/mol. The van der Waals surface area contributed by atoms with Crippen molar-refractivity contribution >= 4 is 0 Å². The van der Waals surface area contributed by atoms with Crippen LogP contribution in [0.25, 0.3) is 0 Å². The summed E-state index contributed by atoms with van der Waals surface area (Å²) in [7, 11) is 5.40. The Morgan fingerprint density at radius 1 is 1.29 bits per heavy atom. The molecule has 1 heterocycles. The van der Waals surface area contributed by atoms with Crippen LogP contribution in [0.5, 0.6) is 11.5 Å². The van der Waals surface area contributed by atoms with E-state index in [9.17, 15) is 0 Å². The van der Waals surface area contributed by atoms with Crippen LogP contribution in [0.1, 0.15) is 18.9 Å². The van der Waals surface area contributed by atoms with Gasteiger partial charge in [0.05, 0.1) is 14.2 Å². The highest BCUT2D eigenvalue weighted by Gasteiger charge is 2.25. The van der Waals surface area contributed by atoms with Crippen molar-refractivity contribution in [3.8, 4) is 11.5 Å². The number of likely N-dealkylation sites (tertiary alicyclic amines) is 1. The normalized spacial score (nSPS) is 20.5. The molecular formula is C17H28N2O2. The van der Waals surface area contributed by atoms with Crippen LogP contribution < -0.4 is 14.8 Å². The van der Waals surface area contributed by atoms with Crippen LogP contribution in [0.2, 0.25) is 0 Å². The molecule has 118 valence electrons. The molecule has 2 unspecified atom stereocenters. The van der Waals surface area contributed by atoms with E-state index in [1.54, 1.807) is 14.2 Å². The number of ether oxygens (including phenoxy) is 2. The summed E-state index contributed by atoms with van der Waals surface area (Å²) in [6.45, 7) is 5.86. The molecule has 2 rings (SSSR count). The van der Waals surface area contributed by atoms with E-state index in [-0.39, 0.29) is 0 Å². The lowest BCUT2D eigenvalue weighted by molar-refractivity contribution is 0.247. The Labute approximate surface area is 128 Å². The minimum Gasteiger partial charge on any atom is -0.493 e. The first-order valence-corrected chi connectivity index (χ1v) is 7.77. The summed E-state index contributed by atoms with van der Waals surface area (Å²) in [5.74, 6) is 2.41. The second-order valence-electron chi connectivity index (χ2n) is 5.95. The van der Waals surface area contributed by atoms with Gasteiger partial charge in [-0.1, -0.05) is 6.07 Å². The third kappa shape index (κ3) is 4.11. The fourth-order valence-corrected chi connectivity index (χ4v) is 3.20. The first-order chi connectivity index (χ1) is 10.2. The highest BCUT2D eigenvalue weighted by atomic mass is 16.5. The van der Waals surface area contributed by atoms with Crippen molar-refractivity contribution in [1.29, 1.82) is 0 Å². The molecule has 0 bridgehead atoms. The van der Waals surface area contributed by atoms with E-state index in [0.29, 0.717) is 6.04 Å². The zero-order valence-electron chi connectivity index (χ0n) is 13.7. The van der Waals surface area contributed by atoms with Crippen molar-refractivity contribution in [3.05, 3.63) is 23.8 Å². The van der Waals surface area contributed by atoms with Gasteiger partial charge in [0.2, 0.25) is 0 Å². The van der Waals surface area contributed by atoms with Crippen LogP contribution in [0.15, 0.2) is 18.2 Å². The van der Waals surface area contributed by atoms with Gasteiger partial charge >= 0.3 is 0 Å². The summed E-state index contributed by atoms with van der Waals surface area (Å²) in [5, 5.41) is 3.29. The van der Waals surface area contributed by atoms with Crippen molar-refractivity contribution < 1.29 is 9.47 Å². The van der Waals surface area contributed by atoms with Crippen LogP contribution in [0.3, 0.4) is 0 Å². The number of hydrogen-bond acceptors (Lipinski definition) is 4. The zero-order valence-corrected chi connectivity index (χ0v) is 13.7. The molecule has 0 spiro atoms. The van der Waals surface area contributed by atoms with Gasteiger partial charge in [-0.25, -0.2) is 0 Å². The summed E-state index contributed by atoms with van der Waals surface area (Å²) in [4.78, 5) is 2.60. The maximum Gasteiger partial charge on any atom is 0.160 e. The van der Waals surface area contributed by atoms with Gasteiger partial charge in [0.25, 0.3) is 0 Å². The summed E-state index contributed by atoms with van der Waals surface area (Å²) < 4.78 is 10.7. The Balaban J connectivity index is 1.95. The molecule has 1 aromatic rings. The summed E-state index contributed by atoms with van der Waals surface area (Å²) in [5.41, 5.74) is 1.30. The lowest BCUT2D eigenvalue weighted by atomic mass is 10.1. The van der Waals surface area contributed by atoms with Gasteiger partial charge in [-0.3, -0.25) is 4.90 Å². The first kappa shape index (κ1) is 16.1. The Bertz CT molecular complexity index is 450. The van der Waals surface area contributed by atoms with Crippen molar-refractivity contribution in [3.63, 3.8) is 0 Å². The number of rotatable bonds is 7. The maximum absolute atomic E-state index is 5.39. The molecule has 1 saturated heterocycles. The Kier molecular flexibility index (Phi) is 5.88. The molecule has 2 atom stereocenters. The fraction of sp³-hybridized carbons (Fsp3) is 0.647.